The van der Waals surface area contributed by atoms with Gasteiger partial charge in [-0.15, -0.1) is 11.3 Å². The van der Waals surface area contributed by atoms with Crippen molar-refractivity contribution in [2.45, 2.75) is 25.3 Å². The van der Waals surface area contributed by atoms with Gasteiger partial charge in [0.1, 0.15) is 11.5 Å². The second kappa shape index (κ2) is 10.8. The lowest BCUT2D eigenvalue weighted by Crippen LogP contribution is -2.32. The third-order valence-electron chi connectivity index (χ3n) is 7.06. The lowest BCUT2D eigenvalue weighted by molar-refractivity contribution is 0.102. The Morgan fingerprint density at radius 3 is 2.53 bits per heavy atom. The van der Waals surface area contributed by atoms with Gasteiger partial charge < -0.3 is 5.32 Å². The Morgan fingerprint density at radius 2 is 1.68 bits per heavy atom. The lowest BCUT2D eigenvalue weighted by atomic mass is 9.97. The molecule has 1 amide bonds. The highest BCUT2D eigenvalue weighted by Gasteiger charge is 2.24. The molecule has 1 aliphatic rings. The van der Waals surface area contributed by atoms with Gasteiger partial charge in [-0.3, -0.25) is 14.7 Å². The number of halogens is 1. The molecular weight excluding hydrogens is 495 g/mol. The van der Waals surface area contributed by atoms with Crippen LogP contribution in [0.2, 0.25) is 0 Å². The van der Waals surface area contributed by atoms with Crippen molar-refractivity contribution < 1.29 is 9.18 Å². The largest absolute Gasteiger partial charge is 0.320 e. The monoisotopic (exact) mass is 522 g/mol. The van der Waals surface area contributed by atoms with Crippen molar-refractivity contribution >= 4 is 33.8 Å². The minimum atomic E-state index is -0.290. The molecule has 0 bridgehead atoms. The number of likely N-dealkylation sites (tertiary alicyclic amines) is 1. The minimum absolute atomic E-state index is 0.234. The number of aromatic nitrogens is 2. The molecule has 0 saturated carbocycles. The van der Waals surface area contributed by atoms with Crippen LogP contribution in [-0.2, 0) is 6.54 Å². The van der Waals surface area contributed by atoms with Crippen molar-refractivity contribution in [3.05, 3.63) is 113 Å². The summed E-state index contributed by atoms with van der Waals surface area (Å²) in [6.07, 6.45) is 2.02. The van der Waals surface area contributed by atoms with Gasteiger partial charge in [-0.2, -0.15) is 0 Å². The molecule has 2 aromatic heterocycles. The highest BCUT2D eigenvalue weighted by Crippen LogP contribution is 2.32. The molecule has 0 radical (unpaired) electrons. The van der Waals surface area contributed by atoms with Crippen LogP contribution in [0.4, 0.5) is 10.1 Å². The number of benzene rings is 3. The van der Waals surface area contributed by atoms with Crippen LogP contribution in [0.15, 0.2) is 90.3 Å². The van der Waals surface area contributed by atoms with E-state index in [4.69, 9.17) is 9.97 Å². The van der Waals surface area contributed by atoms with Gasteiger partial charge in [0.2, 0.25) is 0 Å². The smallest absolute Gasteiger partial charge is 0.275 e. The number of carbonyl (C=O) groups is 1. The summed E-state index contributed by atoms with van der Waals surface area (Å²) >= 11 is 1.56. The Bertz CT molecular complexity index is 1570. The molecule has 6 rings (SSSR count). The molecule has 0 aliphatic carbocycles. The number of carbonyl (C=O) groups excluding carboxylic acids is 1. The number of anilines is 1. The van der Waals surface area contributed by atoms with Crippen molar-refractivity contribution in [2.24, 2.45) is 0 Å². The first-order chi connectivity index (χ1) is 18.6. The van der Waals surface area contributed by atoms with Crippen LogP contribution < -0.4 is 5.32 Å². The number of para-hydroxylation sites is 2. The summed E-state index contributed by atoms with van der Waals surface area (Å²) in [7, 11) is 0. The summed E-state index contributed by atoms with van der Waals surface area (Å²) < 4.78 is 13.4. The molecule has 1 N–H and O–H groups in total. The predicted octanol–water partition coefficient (Wildman–Crippen LogP) is 7.13. The zero-order chi connectivity index (χ0) is 25.9. The number of hydrogen-bond donors (Lipinski definition) is 1. The van der Waals surface area contributed by atoms with Crippen LogP contribution >= 0.6 is 11.3 Å². The van der Waals surface area contributed by atoms with E-state index < -0.39 is 0 Å². The number of nitrogens with zero attached hydrogens (tertiary/aromatic N) is 3. The summed E-state index contributed by atoms with van der Waals surface area (Å²) in [5, 5.41) is 7.03. The molecule has 5 aromatic rings. The first-order valence-electron chi connectivity index (χ1n) is 12.8. The maximum Gasteiger partial charge on any atom is 0.275 e. The SMILES string of the molecule is O=C(Nc1ccccc1-c1ccc(F)cc1)c1csc(C2CCN(Cc3ccc4ccccc4n3)CC2)n1. The molecule has 3 aromatic carbocycles. The van der Waals surface area contributed by atoms with E-state index in [-0.39, 0.29) is 11.7 Å². The third kappa shape index (κ3) is 5.35. The molecule has 190 valence electrons. The van der Waals surface area contributed by atoms with E-state index in [1.807, 2.05) is 41.8 Å². The van der Waals surface area contributed by atoms with E-state index in [9.17, 15) is 9.18 Å². The minimum Gasteiger partial charge on any atom is -0.320 e. The van der Waals surface area contributed by atoms with Crippen molar-refractivity contribution in [1.29, 1.82) is 0 Å². The second-order valence-electron chi connectivity index (χ2n) is 9.62. The van der Waals surface area contributed by atoms with Gasteiger partial charge in [0.25, 0.3) is 5.91 Å². The van der Waals surface area contributed by atoms with Gasteiger partial charge in [-0.1, -0.05) is 54.6 Å². The van der Waals surface area contributed by atoms with E-state index in [1.165, 1.54) is 12.1 Å². The Kier molecular flexibility index (Phi) is 6.94. The number of hydrogen-bond acceptors (Lipinski definition) is 5. The Balaban J connectivity index is 1.08. The van der Waals surface area contributed by atoms with Gasteiger partial charge in [0.15, 0.2) is 0 Å². The van der Waals surface area contributed by atoms with E-state index in [2.05, 4.69) is 34.5 Å². The number of nitrogens with one attached hydrogen (secondary N) is 1. The van der Waals surface area contributed by atoms with Crippen molar-refractivity contribution in [2.75, 3.05) is 18.4 Å². The quantitative estimate of drug-likeness (QED) is 0.258. The standard InChI is InChI=1S/C31H27FN4OS/c32-24-12-9-21(10-13-24)26-6-2-4-8-28(26)34-30(37)29-20-38-31(35-29)23-15-17-36(18-16-23)19-25-14-11-22-5-1-3-7-27(22)33-25/h1-14,20,23H,15-19H2,(H,34,37). The van der Waals surface area contributed by atoms with Gasteiger partial charge in [0, 0.05) is 34.5 Å². The Hall–Kier alpha value is -3.94. The molecule has 38 heavy (non-hydrogen) atoms. The molecule has 1 fully saturated rings. The van der Waals surface area contributed by atoms with E-state index in [1.54, 1.807) is 23.5 Å². The maximum absolute atomic E-state index is 13.4. The molecule has 3 heterocycles. The maximum atomic E-state index is 13.4. The summed E-state index contributed by atoms with van der Waals surface area (Å²) in [5.41, 5.74) is 4.91. The molecule has 1 saturated heterocycles. The Morgan fingerprint density at radius 1 is 0.921 bits per heavy atom. The van der Waals surface area contributed by atoms with Gasteiger partial charge in [0.05, 0.1) is 16.2 Å². The molecule has 0 spiro atoms. The fraction of sp³-hybridized carbons (Fsp3) is 0.194. The fourth-order valence-corrected chi connectivity index (χ4v) is 5.97. The summed E-state index contributed by atoms with van der Waals surface area (Å²) in [6.45, 7) is 2.80. The van der Waals surface area contributed by atoms with E-state index in [0.717, 1.165) is 65.2 Å². The number of piperidine rings is 1. The van der Waals surface area contributed by atoms with E-state index in [0.29, 0.717) is 17.3 Å². The summed E-state index contributed by atoms with van der Waals surface area (Å²) in [4.78, 5) is 25.0. The zero-order valence-corrected chi connectivity index (χ0v) is 21.6. The molecule has 0 unspecified atom stereocenters. The fourth-order valence-electron chi connectivity index (χ4n) is 5.00. The van der Waals surface area contributed by atoms with Crippen molar-refractivity contribution in [3.8, 4) is 11.1 Å². The predicted molar refractivity (Wildman–Crippen MR) is 151 cm³/mol. The number of thiazole rings is 1. The highest BCUT2D eigenvalue weighted by molar-refractivity contribution is 7.10. The molecular formula is C31H27FN4OS. The van der Waals surface area contributed by atoms with Crippen molar-refractivity contribution in [1.82, 2.24) is 14.9 Å². The van der Waals surface area contributed by atoms with Crippen LogP contribution in [0, 0.1) is 5.82 Å². The van der Waals surface area contributed by atoms with Crippen LogP contribution in [0.5, 0.6) is 0 Å². The zero-order valence-electron chi connectivity index (χ0n) is 20.8. The topological polar surface area (TPSA) is 58.1 Å². The number of rotatable bonds is 6. The highest BCUT2D eigenvalue weighted by atomic mass is 32.1. The van der Waals surface area contributed by atoms with E-state index >= 15 is 0 Å². The molecule has 7 heteroatoms. The van der Waals surface area contributed by atoms with Crippen molar-refractivity contribution in [3.63, 3.8) is 0 Å². The van der Waals surface area contributed by atoms with Gasteiger partial charge in [-0.25, -0.2) is 9.37 Å². The van der Waals surface area contributed by atoms with Crippen LogP contribution in [0.25, 0.3) is 22.0 Å². The Labute approximate surface area is 225 Å². The molecule has 0 atom stereocenters. The molecule has 1 aliphatic heterocycles. The summed E-state index contributed by atoms with van der Waals surface area (Å²) in [6, 6.07) is 26.3. The number of amides is 1. The first-order valence-corrected chi connectivity index (χ1v) is 13.7. The van der Waals surface area contributed by atoms with Crippen LogP contribution in [-0.4, -0.2) is 33.9 Å². The van der Waals surface area contributed by atoms with Crippen LogP contribution in [0.1, 0.15) is 39.9 Å². The normalized spacial score (nSPS) is 14.6. The van der Waals surface area contributed by atoms with Gasteiger partial charge in [-0.05, 0) is 61.8 Å². The number of fused-ring (bicyclic) bond motifs is 1. The number of pyridine rings is 1. The molecule has 5 nitrogen and oxygen atoms in total. The first kappa shape index (κ1) is 24.4. The van der Waals surface area contributed by atoms with Gasteiger partial charge >= 0.3 is 0 Å². The summed E-state index contributed by atoms with van der Waals surface area (Å²) in [5.74, 6) is -0.169. The van der Waals surface area contributed by atoms with Crippen LogP contribution in [0.3, 0.4) is 0 Å². The second-order valence-corrected chi connectivity index (χ2v) is 10.5. The average molecular weight is 523 g/mol. The lowest BCUT2D eigenvalue weighted by Gasteiger charge is -2.30. The average Bonchev–Trinajstić information content (AvgIpc) is 3.45. The third-order valence-corrected chi connectivity index (χ3v) is 8.07.